The minimum absolute atomic E-state index is 0.319. The van der Waals surface area contributed by atoms with Gasteiger partial charge in [0.25, 0.3) is 0 Å². The van der Waals surface area contributed by atoms with Crippen molar-refractivity contribution in [2.75, 3.05) is 20.8 Å². The van der Waals surface area contributed by atoms with E-state index in [-0.39, 0.29) is 0 Å². The molecule has 0 spiro atoms. The average molecular weight is 310 g/mol. The molecule has 0 aliphatic rings. The summed E-state index contributed by atoms with van der Waals surface area (Å²) in [6.45, 7) is 11.3. The Labute approximate surface area is 132 Å². The van der Waals surface area contributed by atoms with Gasteiger partial charge >= 0.3 is 5.97 Å². The molecule has 0 bridgehead atoms. The van der Waals surface area contributed by atoms with Crippen LogP contribution in [0.2, 0.25) is 0 Å². The van der Waals surface area contributed by atoms with Crippen LogP contribution in [0.5, 0.6) is 17.2 Å². The minimum Gasteiger partial charge on any atom is -0.496 e. The van der Waals surface area contributed by atoms with E-state index in [1.54, 1.807) is 14.2 Å². The van der Waals surface area contributed by atoms with Gasteiger partial charge in [-0.15, -0.1) is 0 Å². The van der Waals surface area contributed by atoms with Gasteiger partial charge in [0.1, 0.15) is 5.75 Å². The summed E-state index contributed by atoms with van der Waals surface area (Å²) >= 11 is 0. The summed E-state index contributed by atoms with van der Waals surface area (Å²) in [5.41, 5.74) is 2.57. The topological polar surface area (TPSA) is 65.0 Å². The predicted octanol–water partition coefficient (Wildman–Crippen LogP) is 3.11. The van der Waals surface area contributed by atoms with E-state index in [4.69, 9.17) is 19.3 Å². The highest BCUT2D eigenvalue weighted by Gasteiger charge is 2.21. The molecule has 0 amide bonds. The van der Waals surface area contributed by atoms with Crippen molar-refractivity contribution in [1.29, 1.82) is 0 Å². The average Bonchev–Trinajstić information content (AvgIpc) is 2.53. The molecule has 0 fully saturated rings. The minimum atomic E-state index is -0.526. The van der Waals surface area contributed by atoms with Crippen LogP contribution < -0.4 is 14.2 Å². The van der Waals surface area contributed by atoms with Crippen molar-refractivity contribution in [3.05, 3.63) is 29.3 Å². The Hall–Kier alpha value is -2.01. The van der Waals surface area contributed by atoms with E-state index in [2.05, 4.69) is 6.58 Å². The summed E-state index contributed by atoms with van der Waals surface area (Å²) < 4.78 is 15.9. The normalized spacial score (nSPS) is 9.41. The van der Waals surface area contributed by atoms with Gasteiger partial charge in [0.15, 0.2) is 11.5 Å². The van der Waals surface area contributed by atoms with Crippen molar-refractivity contribution in [2.45, 2.75) is 34.1 Å². The molecule has 0 radical (unpaired) electrons. The summed E-state index contributed by atoms with van der Waals surface area (Å²) in [6.07, 6.45) is 1.99. The molecule has 1 rings (SSSR count). The molecule has 1 N–H and O–H groups in total. The van der Waals surface area contributed by atoms with Crippen LogP contribution in [0, 0.1) is 20.8 Å². The van der Waals surface area contributed by atoms with Crippen LogP contribution in [0.3, 0.4) is 0 Å². The number of carbonyl (C=O) groups is 1. The van der Waals surface area contributed by atoms with Gasteiger partial charge in [-0.25, -0.2) is 4.79 Å². The van der Waals surface area contributed by atoms with Gasteiger partial charge in [-0.05, 0) is 32.8 Å². The Morgan fingerprint density at radius 3 is 1.86 bits per heavy atom. The van der Waals surface area contributed by atoms with Crippen LogP contribution >= 0.6 is 0 Å². The third-order valence-electron chi connectivity index (χ3n) is 3.13. The maximum Gasteiger partial charge on any atom is 0.335 e. The number of benzene rings is 1. The summed E-state index contributed by atoms with van der Waals surface area (Å²) in [7, 11) is 3.12. The first kappa shape index (κ1) is 20.0. The number of aliphatic hydroxyl groups excluding tert-OH is 1. The number of ether oxygens (including phenoxy) is 3. The number of hydrogen-bond donors (Lipinski definition) is 1. The molecule has 1 aromatic rings. The molecule has 0 saturated carbocycles. The van der Waals surface area contributed by atoms with Crippen molar-refractivity contribution < 1.29 is 24.1 Å². The molecule has 5 nitrogen and oxygen atoms in total. The van der Waals surface area contributed by atoms with Crippen molar-refractivity contribution in [1.82, 2.24) is 0 Å². The molecule has 124 valence electrons. The standard InChI is InChI=1S/C14H18O4.C3H8O/c1-7-11(15)18-14-10(4)12(16-5)8(2)9(3)13(14)17-6;1-2-3-4/h7H,1H2,2-6H3;4H,2-3H2,1H3. The second-order valence-electron chi connectivity index (χ2n) is 4.62. The fraction of sp³-hybridized carbons (Fsp3) is 0.471. The molecule has 0 atom stereocenters. The first-order valence-electron chi connectivity index (χ1n) is 7.06. The fourth-order valence-electron chi connectivity index (χ4n) is 1.88. The molecule has 0 heterocycles. The summed E-state index contributed by atoms with van der Waals surface area (Å²) in [4.78, 5) is 11.4. The van der Waals surface area contributed by atoms with Crippen LogP contribution in [0.4, 0.5) is 0 Å². The lowest BCUT2D eigenvalue weighted by molar-refractivity contribution is -0.129. The number of esters is 1. The van der Waals surface area contributed by atoms with E-state index in [1.807, 2.05) is 27.7 Å². The van der Waals surface area contributed by atoms with Gasteiger partial charge in [0.05, 0.1) is 14.2 Å². The molecule has 22 heavy (non-hydrogen) atoms. The van der Waals surface area contributed by atoms with Gasteiger partial charge in [0.2, 0.25) is 0 Å². The van der Waals surface area contributed by atoms with E-state index in [9.17, 15) is 4.79 Å². The first-order chi connectivity index (χ1) is 10.4. The maximum atomic E-state index is 11.4. The molecular formula is C17H26O5. The van der Waals surface area contributed by atoms with Crippen molar-refractivity contribution in [2.24, 2.45) is 0 Å². The third-order valence-corrected chi connectivity index (χ3v) is 3.13. The summed E-state index contributed by atoms with van der Waals surface area (Å²) in [5, 5.41) is 7.88. The molecule has 5 heteroatoms. The van der Waals surface area contributed by atoms with E-state index < -0.39 is 5.97 Å². The van der Waals surface area contributed by atoms with E-state index in [0.717, 1.165) is 29.2 Å². The fourth-order valence-corrected chi connectivity index (χ4v) is 1.88. The molecule has 0 aliphatic heterocycles. The number of methoxy groups -OCH3 is 2. The molecular weight excluding hydrogens is 284 g/mol. The molecule has 0 aliphatic carbocycles. The number of carbonyl (C=O) groups excluding carboxylic acids is 1. The summed E-state index contributed by atoms with van der Waals surface area (Å²) in [5.74, 6) is 1.09. The highest BCUT2D eigenvalue weighted by atomic mass is 16.6. The second-order valence-corrected chi connectivity index (χ2v) is 4.62. The highest BCUT2D eigenvalue weighted by Crippen LogP contribution is 2.43. The van der Waals surface area contributed by atoms with Crippen molar-refractivity contribution >= 4 is 5.97 Å². The number of aliphatic hydroxyl groups is 1. The zero-order valence-corrected chi connectivity index (χ0v) is 14.3. The predicted molar refractivity (Wildman–Crippen MR) is 87.0 cm³/mol. The van der Waals surface area contributed by atoms with Crippen molar-refractivity contribution in [3.8, 4) is 17.2 Å². The molecule has 1 aromatic carbocycles. The van der Waals surface area contributed by atoms with Crippen LogP contribution in [0.15, 0.2) is 12.7 Å². The van der Waals surface area contributed by atoms with Gasteiger partial charge in [-0.1, -0.05) is 13.5 Å². The lowest BCUT2D eigenvalue weighted by Crippen LogP contribution is -2.08. The zero-order valence-electron chi connectivity index (χ0n) is 14.3. The van der Waals surface area contributed by atoms with E-state index in [0.29, 0.717) is 23.9 Å². The van der Waals surface area contributed by atoms with Gasteiger partial charge in [-0.2, -0.15) is 0 Å². The Morgan fingerprint density at radius 2 is 1.50 bits per heavy atom. The van der Waals surface area contributed by atoms with E-state index in [1.165, 1.54) is 0 Å². The number of hydrogen-bond acceptors (Lipinski definition) is 5. The second kappa shape index (κ2) is 9.84. The Balaban J connectivity index is 0.000000980. The first-order valence-corrected chi connectivity index (χ1v) is 7.06. The van der Waals surface area contributed by atoms with Crippen LogP contribution in [0.25, 0.3) is 0 Å². The zero-order chi connectivity index (χ0) is 17.3. The Morgan fingerprint density at radius 1 is 1.05 bits per heavy atom. The quantitative estimate of drug-likeness (QED) is 0.514. The van der Waals surface area contributed by atoms with Gasteiger partial charge < -0.3 is 19.3 Å². The van der Waals surface area contributed by atoms with Crippen LogP contribution in [-0.2, 0) is 4.79 Å². The van der Waals surface area contributed by atoms with E-state index >= 15 is 0 Å². The molecule has 0 unspecified atom stereocenters. The summed E-state index contributed by atoms with van der Waals surface area (Å²) in [6, 6.07) is 0. The van der Waals surface area contributed by atoms with Crippen LogP contribution in [0.1, 0.15) is 30.0 Å². The van der Waals surface area contributed by atoms with Gasteiger partial charge in [-0.3, -0.25) is 0 Å². The SMILES string of the molecule is C=CC(=O)Oc1c(C)c(OC)c(C)c(C)c1OC.CCCO. The Kier molecular flexibility index (Phi) is 8.94. The molecule has 0 saturated heterocycles. The lowest BCUT2D eigenvalue weighted by Gasteiger charge is -2.19. The Bertz CT molecular complexity index is 519. The largest absolute Gasteiger partial charge is 0.496 e. The maximum absolute atomic E-state index is 11.4. The number of rotatable bonds is 5. The monoisotopic (exact) mass is 310 g/mol. The lowest BCUT2D eigenvalue weighted by atomic mass is 10.0. The molecule has 0 aromatic heterocycles. The third kappa shape index (κ3) is 4.77. The highest BCUT2D eigenvalue weighted by molar-refractivity contribution is 5.84. The van der Waals surface area contributed by atoms with Gasteiger partial charge in [0, 0.05) is 23.8 Å². The van der Waals surface area contributed by atoms with Crippen molar-refractivity contribution in [3.63, 3.8) is 0 Å². The smallest absolute Gasteiger partial charge is 0.335 e. The van der Waals surface area contributed by atoms with Crippen LogP contribution in [-0.4, -0.2) is 31.9 Å².